The molecule has 25 heavy (non-hydrogen) atoms. The summed E-state index contributed by atoms with van der Waals surface area (Å²) in [6, 6.07) is 7.67. The van der Waals surface area contributed by atoms with Crippen molar-refractivity contribution in [3.8, 4) is 5.69 Å². The highest BCUT2D eigenvalue weighted by atomic mass is 32.2. The molecule has 0 aliphatic rings. The number of hydrogen-bond acceptors (Lipinski definition) is 6. The summed E-state index contributed by atoms with van der Waals surface area (Å²) < 4.78 is 7.16. The topological polar surface area (TPSA) is 61.2 Å². The maximum atomic E-state index is 13.0. The molecule has 0 atom stereocenters. The van der Waals surface area contributed by atoms with Crippen LogP contribution in [0.3, 0.4) is 0 Å². The third kappa shape index (κ3) is 3.62. The van der Waals surface area contributed by atoms with Crippen LogP contribution in [0.1, 0.15) is 18.1 Å². The minimum absolute atomic E-state index is 0.112. The maximum absolute atomic E-state index is 13.0. The molecule has 3 aromatic rings. The molecule has 3 rings (SSSR count). The smallest absolute Gasteiger partial charge is 0.316 e. The third-order valence-electron chi connectivity index (χ3n) is 3.82. The van der Waals surface area contributed by atoms with Crippen LogP contribution in [0, 0.1) is 13.8 Å². The van der Waals surface area contributed by atoms with E-state index in [1.807, 2.05) is 43.5 Å². The predicted molar refractivity (Wildman–Crippen MR) is 102 cm³/mol. The number of nitrogens with zero attached hydrogens (tertiary/aromatic N) is 2. The molecule has 2 heterocycles. The molecule has 0 aliphatic carbocycles. The van der Waals surface area contributed by atoms with E-state index in [0.29, 0.717) is 22.0 Å². The van der Waals surface area contributed by atoms with Gasteiger partial charge in [-0.3, -0.25) is 14.2 Å². The molecular formula is C18H18N2O3S2. The van der Waals surface area contributed by atoms with E-state index in [-0.39, 0.29) is 17.3 Å². The summed E-state index contributed by atoms with van der Waals surface area (Å²) in [7, 11) is 0. The number of hydrogen-bond donors (Lipinski definition) is 0. The summed E-state index contributed by atoms with van der Waals surface area (Å²) in [5, 5.41) is 2.34. The van der Waals surface area contributed by atoms with Crippen LogP contribution in [0.15, 0.2) is 39.6 Å². The third-order valence-corrected chi connectivity index (χ3v) is 5.63. The highest BCUT2D eigenvalue weighted by Gasteiger charge is 2.16. The molecule has 0 radical (unpaired) electrons. The number of carbonyl (C=O) groups is 1. The molecule has 0 fully saturated rings. The first-order valence-corrected chi connectivity index (χ1v) is 9.74. The van der Waals surface area contributed by atoms with Gasteiger partial charge >= 0.3 is 5.97 Å². The number of fused-ring (bicyclic) bond motifs is 1. The molecule has 2 aromatic heterocycles. The van der Waals surface area contributed by atoms with E-state index in [1.165, 1.54) is 23.1 Å². The van der Waals surface area contributed by atoms with Gasteiger partial charge in [-0.2, -0.15) is 0 Å². The van der Waals surface area contributed by atoms with Gasteiger partial charge in [0.25, 0.3) is 5.56 Å². The Hall–Kier alpha value is -2.12. The zero-order valence-corrected chi connectivity index (χ0v) is 15.9. The van der Waals surface area contributed by atoms with Crippen molar-refractivity contribution >= 4 is 39.3 Å². The van der Waals surface area contributed by atoms with Crippen molar-refractivity contribution in [2.45, 2.75) is 25.9 Å². The Bertz CT molecular complexity index is 992. The van der Waals surface area contributed by atoms with Crippen molar-refractivity contribution in [2.75, 3.05) is 12.4 Å². The predicted octanol–water partition coefficient (Wildman–Crippen LogP) is 3.72. The van der Waals surface area contributed by atoms with Gasteiger partial charge in [-0.15, -0.1) is 11.3 Å². The SMILES string of the molecule is CCOC(=O)CSc1nc2ccsc2c(=O)n1-c1ccc(C)c(C)c1. The van der Waals surface area contributed by atoms with Crippen LogP contribution in [0.2, 0.25) is 0 Å². The number of aromatic nitrogens is 2. The van der Waals surface area contributed by atoms with Crippen molar-refractivity contribution in [2.24, 2.45) is 0 Å². The number of ether oxygens (including phenoxy) is 1. The van der Waals surface area contributed by atoms with Crippen molar-refractivity contribution in [1.82, 2.24) is 9.55 Å². The molecule has 7 heteroatoms. The number of thioether (sulfide) groups is 1. The lowest BCUT2D eigenvalue weighted by molar-refractivity contribution is -0.139. The van der Waals surface area contributed by atoms with Crippen molar-refractivity contribution in [3.05, 3.63) is 51.1 Å². The van der Waals surface area contributed by atoms with Crippen LogP contribution in [0.4, 0.5) is 0 Å². The monoisotopic (exact) mass is 374 g/mol. The van der Waals surface area contributed by atoms with E-state index in [2.05, 4.69) is 4.98 Å². The van der Waals surface area contributed by atoms with Crippen molar-refractivity contribution < 1.29 is 9.53 Å². The Balaban J connectivity index is 2.11. The van der Waals surface area contributed by atoms with Crippen LogP contribution < -0.4 is 5.56 Å². The van der Waals surface area contributed by atoms with Crippen LogP contribution >= 0.6 is 23.1 Å². The van der Waals surface area contributed by atoms with Gasteiger partial charge in [-0.25, -0.2) is 4.98 Å². The normalized spacial score (nSPS) is 11.0. The highest BCUT2D eigenvalue weighted by Crippen LogP contribution is 2.24. The van der Waals surface area contributed by atoms with Gasteiger partial charge in [0.05, 0.1) is 23.6 Å². The summed E-state index contributed by atoms with van der Waals surface area (Å²) >= 11 is 2.59. The first-order valence-electron chi connectivity index (χ1n) is 7.87. The van der Waals surface area contributed by atoms with Crippen LogP contribution in [-0.4, -0.2) is 27.9 Å². The largest absolute Gasteiger partial charge is 0.465 e. The fraction of sp³-hybridized carbons (Fsp3) is 0.278. The van der Waals surface area contributed by atoms with Crippen LogP contribution in [0.25, 0.3) is 15.9 Å². The van der Waals surface area contributed by atoms with E-state index in [9.17, 15) is 9.59 Å². The first-order chi connectivity index (χ1) is 12.0. The van der Waals surface area contributed by atoms with Crippen molar-refractivity contribution in [3.63, 3.8) is 0 Å². The molecule has 0 spiro atoms. The first kappa shape index (κ1) is 17.7. The van der Waals surface area contributed by atoms with Gasteiger partial charge in [0.1, 0.15) is 4.70 Å². The minimum Gasteiger partial charge on any atom is -0.465 e. The number of esters is 1. The second kappa shape index (κ2) is 7.41. The lowest BCUT2D eigenvalue weighted by Gasteiger charge is -2.13. The Labute approximate surface area is 153 Å². The van der Waals surface area contributed by atoms with E-state index >= 15 is 0 Å². The molecule has 0 unspecified atom stereocenters. The average molecular weight is 374 g/mol. The maximum Gasteiger partial charge on any atom is 0.316 e. The number of carbonyl (C=O) groups excluding carboxylic acids is 1. The van der Waals surface area contributed by atoms with E-state index < -0.39 is 0 Å². The standard InChI is InChI=1S/C18H18N2O3S2/c1-4-23-15(21)10-25-18-19-14-7-8-24-16(14)17(22)20(18)13-6-5-11(2)12(3)9-13/h5-9H,4,10H2,1-3H3. The second-order valence-corrected chi connectivity index (χ2v) is 7.39. The second-order valence-electron chi connectivity index (χ2n) is 5.53. The Kier molecular flexibility index (Phi) is 5.24. The molecule has 0 N–H and O–H groups in total. The Morgan fingerprint density at radius 2 is 2.08 bits per heavy atom. The zero-order chi connectivity index (χ0) is 18.0. The molecular weight excluding hydrogens is 356 g/mol. The molecule has 0 saturated heterocycles. The van der Waals surface area contributed by atoms with E-state index in [1.54, 1.807) is 11.5 Å². The fourth-order valence-corrected chi connectivity index (χ4v) is 3.98. The van der Waals surface area contributed by atoms with E-state index in [4.69, 9.17) is 4.74 Å². The summed E-state index contributed by atoms with van der Waals surface area (Å²) in [6.45, 7) is 6.13. The summed E-state index contributed by atoms with van der Waals surface area (Å²) in [5.41, 5.74) is 3.54. The average Bonchev–Trinajstić information content (AvgIpc) is 3.05. The summed E-state index contributed by atoms with van der Waals surface area (Å²) in [6.07, 6.45) is 0. The lowest BCUT2D eigenvalue weighted by Crippen LogP contribution is -2.21. The molecule has 0 bridgehead atoms. The molecule has 5 nitrogen and oxygen atoms in total. The van der Waals surface area contributed by atoms with Gasteiger partial charge in [0, 0.05) is 0 Å². The van der Waals surface area contributed by atoms with E-state index in [0.717, 1.165) is 16.8 Å². The summed E-state index contributed by atoms with van der Waals surface area (Å²) in [5.74, 6) is -0.209. The number of thiophene rings is 1. The Morgan fingerprint density at radius 3 is 2.80 bits per heavy atom. The molecule has 0 amide bonds. The van der Waals surface area contributed by atoms with Gasteiger partial charge in [-0.1, -0.05) is 17.8 Å². The lowest BCUT2D eigenvalue weighted by atomic mass is 10.1. The minimum atomic E-state index is -0.321. The number of benzene rings is 1. The highest BCUT2D eigenvalue weighted by molar-refractivity contribution is 7.99. The van der Waals surface area contributed by atoms with Crippen LogP contribution in [0.5, 0.6) is 0 Å². The molecule has 130 valence electrons. The van der Waals surface area contributed by atoms with Gasteiger partial charge in [-0.05, 0) is 55.5 Å². The zero-order valence-electron chi connectivity index (χ0n) is 14.2. The number of rotatable bonds is 5. The number of aryl methyl sites for hydroxylation is 2. The van der Waals surface area contributed by atoms with Gasteiger partial charge < -0.3 is 4.74 Å². The fourth-order valence-electron chi connectivity index (χ4n) is 2.41. The van der Waals surface area contributed by atoms with Crippen LogP contribution in [-0.2, 0) is 9.53 Å². The quantitative estimate of drug-likeness (QED) is 0.387. The van der Waals surface area contributed by atoms with Gasteiger partial charge in [0.2, 0.25) is 0 Å². The van der Waals surface area contributed by atoms with Gasteiger partial charge in [0.15, 0.2) is 5.16 Å². The Morgan fingerprint density at radius 1 is 1.28 bits per heavy atom. The molecule has 0 aliphatic heterocycles. The molecule has 0 saturated carbocycles. The summed E-state index contributed by atoms with van der Waals surface area (Å²) in [4.78, 5) is 29.3. The molecule has 1 aromatic carbocycles. The van der Waals surface area contributed by atoms with Crippen molar-refractivity contribution in [1.29, 1.82) is 0 Å².